The van der Waals surface area contributed by atoms with Crippen LogP contribution in [0.5, 0.6) is 0 Å². The van der Waals surface area contributed by atoms with E-state index in [2.05, 4.69) is 4.90 Å². The van der Waals surface area contributed by atoms with Crippen LogP contribution < -0.4 is 0 Å². The zero-order chi connectivity index (χ0) is 14.5. The molecule has 2 nitrogen and oxygen atoms in total. The van der Waals surface area contributed by atoms with E-state index < -0.39 is 0 Å². The van der Waals surface area contributed by atoms with E-state index in [9.17, 15) is 4.79 Å². The quantitative estimate of drug-likeness (QED) is 0.713. The Morgan fingerprint density at radius 3 is 2.70 bits per heavy atom. The average molecular weight is 328 g/mol. The lowest BCUT2D eigenvalue weighted by Crippen LogP contribution is -2.21. The van der Waals surface area contributed by atoms with Crippen molar-refractivity contribution in [3.63, 3.8) is 0 Å². The molecule has 1 heterocycles. The molecule has 1 aromatic carbocycles. The third kappa shape index (κ3) is 4.60. The number of hydrogen-bond donors (Lipinski definition) is 0. The second-order valence-electron chi connectivity index (χ2n) is 4.63. The fraction of sp³-hybridized carbons (Fsp3) is 0.267. The maximum absolute atomic E-state index is 12.1. The molecule has 0 aliphatic carbocycles. The van der Waals surface area contributed by atoms with Crippen molar-refractivity contribution in [1.82, 2.24) is 4.90 Å². The highest BCUT2D eigenvalue weighted by molar-refractivity contribution is 7.16. The van der Waals surface area contributed by atoms with Crippen LogP contribution in [0.25, 0.3) is 0 Å². The molecule has 0 radical (unpaired) electrons. The van der Waals surface area contributed by atoms with Gasteiger partial charge in [-0.25, -0.2) is 0 Å². The monoisotopic (exact) mass is 327 g/mol. The Kier molecular flexibility index (Phi) is 5.61. The van der Waals surface area contributed by atoms with Gasteiger partial charge in [0.05, 0.1) is 4.34 Å². The molecule has 20 heavy (non-hydrogen) atoms. The summed E-state index contributed by atoms with van der Waals surface area (Å²) in [7, 11) is 2.00. The molecule has 0 saturated carbocycles. The molecule has 0 amide bonds. The molecule has 0 fully saturated rings. The van der Waals surface area contributed by atoms with Crippen LogP contribution >= 0.6 is 34.5 Å². The third-order valence-corrected chi connectivity index (χ3v) is 4.37. The number of halogens is 2. The predicted molar refractivity (Wildman–Crippen MR) is 86.1 cm³/mol. The van der Waals surface area contributed by atoms with Crippen molar-refractivity contribution in [2.75, 3.05) is 13.6 Å². The fourth-order valence-corrected chi connectivity index (χ4v) is 3.24. The molecule has 0 unspecified atom stereocenters. The maximum Gasteiger partial charge on any atom is 0.164 e. The highest BCUT2D eigenvalue weighted by Gasteiger charge is 2.09. The molecule has 106 valence electrons. The SMILES string of the molecule is CN(CCC(=O)c1cccc(Cl)c1)Cc1ccc(Cl)s1. The predicted octanol–water partition coefficient (Wildman–Crippen LogP) is 4.76. The lowest BCUT2D eigenvalue weighted by Gasteiger charge is -2.14. The van der Waals surface area contributed by atoms with Gasteiger partial charge in [-0.1, -0.05) is 35.3 Å². The highest BCUT2D eigenvalue weighted by Crippen LogP contribution is 2.22. The number of hydrogen-bond acceptors (Lipinski definition) is 3. The molecule has 2 rings (SSSR count). The zero-order valence-electron chi connectivity index (χ0n) is 11.1. The summed E-state index contributed by atoms with van der Waals surface area (Å²) in [6.45, 7) is 1.51. The van der Waals surface area contributed by atoms with Crippen LogP contribution in [0.1, 0.15) is 21.7 Å². The summed E-state index contributed by atoms with van der Waals surface area (Å²) >= 11 is 13.4. The van der Waals surface area contributed by atoms with Gasteiger partial charge in [0.1, 0.15) is 0 Å². The first-order valence-electron chi connectivity index (χ1n) is 6.26. The van der Waals surface area contributed by atoms with Crippen LogP contribution in [0.4, 0.5) is 0 Å². The van der Waals surface area contributed by atoms with Crippen LogP contribution in [0.15, 0.2) is 36.4 Å². The second-order valence-corrected chi connectivity index (χ2v) is 6.86. The van der Waals surface area contributed by atoms with E-state index in [1.165, 1.54) is 4.88 Å². The van der Waals surface area contributed by atoms with Crippen molar-refractivity contribution in [1.29, 1.82) is 0 Å². The van der Waals surface area contributed by atoms with E-state index in [-0.39, 0.29) is 5.78 Å². The Hall–Kier alpha value is -0.870. The summed E-state index contributed by atoms with van der Waals surface area (Å²) in [6.07, 6.45) is 0.482. The van der Waals surface area contributed by atoms with Gasteiger partial charge in [-0.15, -0.1) is 11.3 Å². The van der Waals surface area contributed by atoms with E-state index in [1.807, 2.05) is 19.2 Å². The van der Waals surface area contributed by atoms with E-state index in [0.717, 1.165) is 10.9 Å². The summed E-state index contributed by atoms with van der Waals surface area (Å²) < 4.78 is 0.795. The van der Waals surface area contributed by atoms with Gasteiger partial charge < -0.3 is 4.90 Å². The third-order valence-electron chi connectivity index (χ3n) is 2.92. The van der Waals surface area contributed by atoms with Gasteiger partial charge in [-0.05, 0) is 31.3 Å². The molecular weight excluding hydrogens is 313 g/mol. The Labute approximate surface area is 132 Å². The molecule has 0 atom stereocenters. The van der Waals surface area contributed by atoms with Crippen molar-refractivity contribution in [3.05, 3.63) is 56.2 Å². The van der Waals surface area contributed by atoms with Crippen molar-refractivity contribution < 1.29 is 4.79 Å². The maximum atomic E-state index is 12.1. The summed E-state index contributed by atoms with van der Waals surface area (Å²) in [5.41, 5.74) is 0.671. The smallest absolute Gasteiger partial charge is 0.164 e. The first kappa shape index (κ1) is 15.5. The molecule has 0 spiro atoms. The van der Waals surface area contributed by atoms with E-state index in [1.54, 1.807) is 35.6 Å². The van der Waals surface area contributed by atoms with Gasteiger partial charge in [-0.3, -0.25) is 4.79 Å². The number of carbonyl (C=O) groups is 1. The number of thiophene rings is 1. The van der Waals surface area contributed by atoms with Gasteiger partial charge in [0.15, 0.2) is 5.78 Å². The van der Waals surface area contributed by atoms with Gasteiger partial charge in [0.25, 0.3) is 0 Å². The molecule has 5 heteroatoms. The fourth-order valence-electron chi connectivity index (χ4n) is 1.88. The lowest BCUT2D eigenvalue weighted by molar-refractivity contribution is 0.0968. The molecule has 1 aromatic heterocycles. The van der Waals surface area contributed by atoms with Gasteiger partial charge >= 0.3 is 0 Å². The number of nitrogens with zero attached hydrogens (tertiary/aromatic N) is 1. The first-order valence-corrected chi connectivity index (χ1v) is 7.83. The minimum Gasteiger partial charge on any atom is -0.301 e. The van der Waals surface area contributed by atoms with Crippen LogP contribution in [0.3, 0.4) is 0 Å². The molecule has 0 saturated heterocycles. The lowest BCUT2D eigenvalue weighted by atomic mass is 10.1. The summed E-state index contributed by atoms with van der Waals surface area (Å²) in [4.78, 5) is 15.4. The Morgan fingerprint density at radius 1 is 1.25 bits per heavy atom. The highest BCUT2D eigenvalue weighted by atomic mass is 35.5. The van der Waals surface area contributed by atoms with Crippen molar-refractivity contribution in [2.24, 2.45) is 0 Å². The van der Waals surface area contributed by atoms with E-state index >= 15 is 0 Å². The Balaban J connectivity index is 1.84. The van der Waals surface area contributed by atoms with Gasteiger partial charge in [0.2, 0.25) is 0 Å². The van der Waals surface area contributed by atoms with Crippen molar-refractivity contribution in [3.8, 4) is 0 Å². The Morgan fingerprint density at radius 2 is 2.05 bits per heavy atom. The minimum absolute atomic E-state index is 0.114. The normalized spacial score (nSPS) is 11.0. The number of benzene rings is 1. The molecular formula is C15H15Cl2NOS. The molecule has 2 aromatic rings. The van der Waals surface area contributed by atoms with Crippen molar-refractivity contribution in [2.45, 2.75) is 13.0 Å². The summed E-state index contributed by atoms with van der Waals surface area (Å²) in [6, 6.07) is 11.0. The minimum atomic E-state index is 0.114. The number of rotatable bonds is 6. The average Bonchev–Trinajstić information content (AvgIpc) is 2.81. The topological polar surface area (TPSA) is 20.3 Å². The molecule has 0 N–H and O–H groups in total. The number of carbonyl (C=O) groups excluding carboxylic acids is 1. The van der Waals surface area contributed by atoms with Crippen molar-refractivity contribution >= 4 is 40.3 Å². The first-order chi connectivity index (χ1) is 9.54. The molecule has 0 aliphatic heterocycles. The zero-order valence-corrected chi connectivity index (χ0v) is 13.4. The van der Waals surface area contributed by atoms with Crippen LogP contribution in [0, 0.1) is 0 Å². The molecule has 0 aliphatic rings. The molecule has 0 bridgehead atoms. The van der Waals surface area contributed by atoms with Gasteiger partial charge in [0, 0.05) is 35.0 Å². The van der Waals surface area contributed by atoms with Gasteiger partial charge in [-0.2, -0.15) is 0 Å². The van der Waals surface area contributed by atoms with E-state index in [0.29, 0.717) is 23.6 Å². The largest absolute Gasteiger partial charge is 0.301 e. The Bertz CT molecular complexity index is 597. The van der Waals surface area contributed by atoms with Crippen LogP contribution in [-0.2, 0) is 6.54 Å². The number of ketones is 1. The van der Waals surface area contributed by atoms with E-state index in [4.69, 9.17) is 23.2 Å². The van der Waals surface area contributed by atoms with Crippen LogP contribution in [0.2, 0.25) is 9.36 Å². The number of Topliss-reactive ketones (excluding diaryl/α,β-unsaturated/α-hetero) is 1. The second kappa shape index (κ2) is 7.23. The summed E-state index contributed by atoms with van der Waals surface area (Å²) in [5, 5.41) is 0.595. The standard InChI is InChI=1S/C15H15Cl2NOS/c1-18(10-13-5-6-15(17)20-13)8-7-14(19)11-3-2-4-12(16)9-11/h2-6,9H,7-8,10H2,1H3. The summed E-state index contributed by atoms with van der Waals surface area (Å²) in [5.74, 6) is 0.114. The van der Waals surface area contributed by atoms with Crippen LogP contribution in [-0.4, -0.2) is 24.3 Å².